The molecule has 1 amide bonds. The molecule has 0 saturated heterocycles. The summed E-state index contributed by atoms with van der Waals surface area (Å²) >= 11 is 0. The van der Waals surface area contributed by atoms with Crippen molar-refractivity contribution in [2.24, 2.45) is 11.8 Å². The summed E-state index contributed by atoms with van der Waals surface area (Å²) in [7, 11) is 1.77. The highest BCUT2D eigenvalue weighted by molar-refractivity contribution is 5.93. The van der Waals surface area contributed by atoms with Crippen molar-refractivity contribution in [2.45, 2.75) is 20.8 Å². The normalized spacial score (nSPS) is 12.6. The first-order valence-corrected chi connectivity index (χ1v) is 5.22. The molecule has 1 unspecified atom stereocenters. The zero-order valence-corrected chi connectivity index (χ0v) is 9.77. The number of amides is 1. The molecule has 0 bridgehead atoms. The van der Waals surface area contributed by atoms with Gasteiger partial charge in [-0.2, -0.15) is 0 Å². The van der Waals surface area contributed by atoms with Gasteiger partial charge >= 0.3 is 0 Å². The van der Waals surface area contributed by atoms with Crippen molar-refractivity contribution in [3.8, 4) is 0 Å². The van der Waals surface area contributed by atoms with Gasteiger partial charge in [-0.05, 0) is 18.1 Å². The molecule has 82 valence electrons. The highest BCUT2D eigenvalue weighted by Gasteiger charge is 2.21. The number of anilines is 1. The zero-order valence-electron chi connectivity index (χ0n) is 9.77. The molecule has 1 heterocycles. The minimum atomic E-state index is 0.0250. The molecule has 1 rings (SSSR count). The van der Waals surface area contributed by atoms with E-state index >= 15 is 0 Å². The number of carbonyl (C=O) groups excluding carboxylic acids is 1. The third kappa shape index (κ3) is 2.78. The summed E-state index contributed by atoms with van der Waals surface area (Å²) in [4.78, 5) is 17.7. The molecule has 3 heteroatoms. The third-order valence-electron chi connectivity index (χ3n) is 2.71. The number of carbonyl (C=O) groups is 1. The van der Waals surface area contributed by atoms with Gasteiger partial charge < -0.3 is 0 Å². The van der Waals surface area contributed by atoms with Crippen molar-refractivity contribution in [1.29, 1.82) is 0 Å². The van der Waals surface area contributed by atoms with Crippen LogP contribution in [0.1, 0.15) is 20.8 Å². The SMILES string of the molecule is CC(C)C(C)C(=O)N(C)c1ccccn1. The minimum absolute atomic E-state index is 0.0250. The second kappa shape index (κ2) is 4.91. The van der Waals surface area contributed by atoms with E-state index in [-0.39, 0.29) is 11.8 Å². The molecule has 0 radical (unpaired) electrons. The van der Waals surface area contributed by atoms with Crippen LogP contribution in [0.5, 0.6) is 0 Å². The first kappa shape index (κ1) is 11.7. The van der Waals surface area contributed by atoms with Gasteiger partial charge in [0.2, 0.25) is 5.91 Å². The van der Waals surface area contributed by atoms with Crippen molar-refractivity contribution in [2.75, 3.05) is 11.9 Å². The molecule has 0 spiro atoms. The Morgan fingerprint density at radius 3 is 2.47 bits per heavy atom. The Kier molecular flexibility index (Phi) is 3.83. The lowest BCUT2D eigenvalue weighted by atomic mass is 9.97. The Hall–Kier alpha value is -1.38. The lowest BCUT2D eigenvalue weighted by Gasteiger charge is -2.22. The Labute approximate surface area is 91.1 Å². The molecule has 1 aromatic rings. The van der Waals surface area contributed by atoms with Crippen LogP contribution < -0.4 is 4.90 Å². The molecule has 0 aliphatic rings. The fourth-order valence-electron chi connectivity index (χ4n) is 1.26. The van der Waals surface area contributed by atoms with E-state index in [1.165, 1.54) is 0 Å². The lowest BCUT2D eigenvalue weighted by Crippen LogP contribution is -2.34. The maximum Gasteiger partial charge on any atom is 0.230 e. The highest BCUT2D eigenvalue weighted by Crippen LogP contribution is 2.16. The molecule has 0 aliphatic carbocycles. The summed E-state index contributed by atoms with van der Waals surface area (Å²) in [6.45, 7) is 6.05. The molecule has 3 nitrogen and oxygen atoms in total. The van der Waals surface area contributed by atoms with E-state index in [1.54, 1.807) is 18.1 Å². The highest BCUT2D eigenvalue weighted by atomic mass is 16.2. The topological polar surface area (TPSA) is 33.2 Å². The maximum absolute atomic E-state index is 12.0. The number of aromatic nitrogens is 1. The van der Waals surface area contributed by atoms with Gasteiger partial charge in [0.15, 0.2) is 0 Å². The van der Waals surface area contributed by atoms with E-state index in [0.717, 1.165) is 0 Å². The fraction of sp³-hybridized carbons (Fsp3) is 0.500. The molecule has 1 atom stereocenters. The first-order valence-electron chi connectivity index (χ1n) is 5.22. The summed E-state index contributed by atoms with van der Waals surface area (Å²) in [6, 6.07) is 5.56. The largest absolute Gasteiger partial charge is 0.300 e. The lowest BCUT2D eigenvalue weighted by molar-refractivity contribution is -0.122. The Morgan fingerprint density at radius 2 is 2.00 bits per heavy atom. The smallest absolute Gasteiger partial charge is 0.230 e. The fourth-order valence-corrected chi connectivity index (χ4v) is 1.26. The quantitative estimate of drug-likeness (QED) is 0.760. The van der Waals surface area contributed by atoms with Gasteiger partial charge in [0.05, 0.1) is 0 Å². The summed E-state index contributed by atoms with van der Waals surface area (Å²) in [5.74, 6) is 1.19. The molecule has 0 N–H and O–H groups in total. The molecule has 0 saturated carbocycles. The van der Waals surface area contributed by atoms with Gasteiger partial charge in [0, 0.05) is 19.2 Å². The van der Waals surface area contributed by atoms with Crippen molar-refractivity contribution in [3.05, 3.63) is 24.4 Å². The second-order valence-corrected chi connectivity index (χ2v) is 4.12. The Balaban J connectivity index is 2.78. The molecule has 15 heavy (non-hydrogen) atoms. The van der Waals surface area contributed by atoms with Crippen LogP contribution in [-0.2, 0) is 4.79 Å². The number of nitrogens with zero attached hydrogens (tertiary/aromatic N) is 2. The van der Waals surface area contributed by atoms with Crippen molar-refractivity contribution in [1.82, 2.24) is 4.98 Å². The number of rotatable bonds is 3. The average molecular weight is 206 g/mol. The van der Waals surface area contributed by atoms with Gasteiger partial charge in [-0.3, -0.25) is 9.69 Å². The van der Waals surface area contributed by atoms with E-state index in [0.29, 0.717) is 11.7 Å². The molecular weight excluding hydrogens is 188 g/mol. The van der Waals surface area contributed by atoms with Gasteiger partial charge in [-0.1, -0.05) is 26.8 Å². The van der Waals surface area contributed by atoms with Crippen LogP contribution in [-0.4, -0.2) is 17.9 Å². The van der Waals surface area contributed by atoms with Gasteiger partial charge in [0.1, 0.15) is 5.82 Å². The van der Waals surface area contributed by atoms with E-state index in [2.05, 4.69) is 18.8 Å². The molecule has 0 aliphatic heterocycles. The average Bonchev–Trinajstić information content (AvgIpc) is 2.27. The Bertz CT molecular complexity index is 322. The minimum Gasteiger partial charge on any atom is -0.300 e. The number of pyridine rings is 1. The predicted octanol–water partition coefficient (Wildman–Crippen LogP) is 2.34. The predicted molar refractivity (Wildman–Crippen MR) is 61.6 cm³/mol. The van der Waals surface area contributed by atoms with Crippen LogP contribution in [0.25, 0.3) is 0 Å². The Morgan fingerprint density at radius 1 is 1.33 bits per heavy atom. The van der Waals surface area contributed by atoms with E-state index in [9.17, 15) is 4.79 Å². The van der Waals surface area contributed by atoms with E-state index in [4.69, 9.17) is 0 Å². The number of hydrogen-bond acceptors (Lipinski definition) is 2. The van der Waals surface area contributed by atoms with Crippen LogP contribution in [0.15, 0.2) is 24.4 Å². The number of hydrogen-bond donors (Lipinski definition) is 0. The maximum atomic E-state index is 12.0. The van der Waals surface area contributed by atoms with Crippen LogP contribution >= 0.6 is 0 Å². The van der Waals surface area contributed by atoms with Crippen molar-refractivity contribution in [3.63, 3.8) is 0 Å². The van der Waals surface area contributed by atoms with Gasteiger partial charge in [0.25, 0.3) is 0 Å². The third-order valence-corrected chi connectivity index (χ3v) is 2.71. The van der Waals surface area contributed by atoms with Crippen LogP contribution in [0.4, 0.5) is 5.82 Å². The summed E-state index contributed by atoms with van der Waals surface area (Å²) in [5, 5.41) is 0. The van der Waals surface area contributed by atoms with E-state index in [1.807, 2.05) is 25.1 Å². The first-order chi connectivity index (χ1) is 7.04. The van der Waals surface area contributed by atoms with Crippen LogP contribution in [0.3, 0.4) is 0 Å². The van der Waals surface area contributed by atoms with Crippen molar-refractivity contribution >= 4 is 11.7 Å². The molecule has 1 aromatic heterocycles. The van der Waals surface area contributed by atoms with Crippen molar-refractivity contribution < 1.29 is 4.79 Å². The van der Waals surface area contributed by atoms with Crippen LogP contribution in [0, 0.1) is 11.8 Å². The summed E-state index contributed by atoms with van der Waals surface area (Å²) in [6.07, 6.45) is 1.69. The van der Waals surface area contributed by atoms with Gasteiger partial charge in [-0.25, -0.2) is 4.98 Å². The van der Waals surface area contributed by atoms with Crippen LogP contribution in [0.2, 0.25) is 0 Å². The zero-order chi connectivity index (χ0) is 11.4. The molecular formula is C12H18N2O. The van der Waals surface area contributed by atoms with Gasteiger partial charge in [-0.15, -0.1) is 0 Å². The molecule has 0 fully saturated rings. The van der Waals surface area contributed by atoms with E-state index < -0.39 is 0 Å². The standard InChI is InChI=1S/C12H18N2O/c1-9(2)10(3)12(15)14(4)11-7-5-6-8-13-11/h5-10H,1-4H3. The monoisotopic (exact) mass is 206 g/mol. The second-order valence-electron chi connectivity index (χ2n) is 4.12. The summed E-state index contributed by atoms with van der Waals surface area (Å²) in [5.41, 5.74) is 0. The summed E-state index contributed by atoms with van der Waals surface area (Å²) < 4.78 is 0. The molecule has 0 aromatic carbocycles.